The third-order valence-electron chi connectivity index (χ3n) is 1.61. The van der Waals surface area contributed by atoms with Gasteiger partial charge in [-0.15, -0.1) is 11.3 Å². The standard InChI is InChI=1S/C7H4ClNO2S2/c8-13(10,11)7-4-9-3-6-5(7)1-2-12-6/h1-4H. The van der Waals surface area contributed by atoms with Crippen molar-refractivity contribution in [3.05, 3.63) is 23.8 Å². The Hall–Kier alpha value is -0.650. The fraction of sp³-hybridized carbons (Fsp3) is 0. The number of pyridine rings is 1. The number of aromatic nitrogens is 1. The van der Waals surface area contributed by atoms with Gasteiger partial charge in [0.05, 0.1) is 4.70 Å². The number of halogens is 1. The molecule has 0 fully saturated rings. The molecule has 0 radical (unpaired) electrons. The van der Waals surface area contributed by atoms with E-state index in [9.17, 15) is 8.42 Å². The largest absolute Gasteiger partial charge is 0.263 e. The number of fused-ring (bicyclic) bond motifs is 1. The maximum absolute atomic E-state index is 11.1. The Balaban J connectivity index is 2.91. The number of nitrogens with zero attached hydrogens (tertiary/aromatic N) is 1. The lowest BCUT2D eigenvalue weighted by atomic mass is 10.3. The van der Waals surface area contributed by atoms with E-state index in [0.29, 0.717) is 5.39 Å². The summed E-state index contributed by atoms with van der Waals surface area (Å²) in [5.74, 6) is 0. The molecule has 0 aliphatic heterocycles. The Bertz CT molecular complexity index is 546. The highest BCUT2D eigenvalue weighted by Gasteiger charge is 2.14. The van der Waals surface area contributed by atoms with Crippen molar-refractivity contribution >= 4 is 41.2 Å². The van der Waals surface area contributed by atoms with Crippen molar-refractivity contribution in [3.8, 4) is 0 Å². The molecule has 3 nitrogen and oxygen atoms in total. The summed E-state index contributed by atoms with van der Waals surface area (Å²) in [4.78, 5) is 3.88. The average Bonchev–Trinajstić information content (AvgIpc) is 2.48. The Morgan fingerprint density at radius 2 is 2.15 bits per heavy atom. The Kier molecular flexibility index (Phi) is 2.02. The van der Waals surface area contributed by atoms with Crippen molar-refractivity contribution in [2.75, 3.05) is 0 Å². The highest BCUT2D eigenvalue weighted by molar-refractivity contribution is 8.14. The summed E-state index contributed by atoms with van der Waals surface area (Å²) < 4.78 is 23.0. The van der Waals surface area contributed by atoms with Gasteiger partial charge in [-0.05, 0) is 11.4 Å². The number of rotatable bonds is 1. The molecule has 68 valence electrons. The van der Waals surface area contributed by atoms with Crippen LogP contribution in [0.4, 0.5) is 0 Å². The molecule has 13 heavy (non-hydrogen) atoms. The van der Waals surface area contributed by atoms with Crippen LogP contribution in [0.2, 0.25) is 0 Å². The van der Waals surface area contributed by atoms with E-state index in [1.165, 1.54) is 17.5 Å². The van der Waals surface area contributed by atoms with Crippen LogP contribution in [0.5, 0.6) is 0 Å². The lowest BCUT2D eigenvalue weighted by Crippen LogP contribution is -1.91. The molecule has 0 aliphatic carbocycles. The summed E-state index contributed by atoms with van der Waals surface area (Å²) in [5.41, 5.74) is 0. The molecule has 2 heterocycles. The van der Waals surface area contributed by atoms with E-state index in [4.69, 9.17) is 10.7 Å². The molecule has 0 saturated heterocycles. The molecule has 0 atom stereocenters. The molecule has 2 aromatic heterocycles. The normalized spacial score (nSPS) is 12.1. The lowest BCUT2D eigenvalue weighted by molar-refractivity contribution is 0.610. The van der Waals surface area contributed by atoms with Gasteiger partial charge in [0, 0.05) is 28.5 Å². The van der Waals surface area contributed by atoms with Gasteiger partial charge in [-0.25, -0.2) is 8.42 Å². The van der Waals surface area contributed by atoms with Crippen molar-refractivity contribution in [2.45, 2.75) is 4.90 Å². The molecule has 0 aliphatic rings. The van der Waals surface area contributed by atoms with Crippen molar-refractivity contribution in [1.82, 2.24) is 4.98 Å². The molecule has 0 unspecified atom stereocenters. The lowest BCUT2D eigenvalue weighted by Gasteiger charge is -1.96. The minimum atomic E-state index is -3.68. The van der Waals surface area contributed by atoms with Crippen LogP contribution in [-0.4, -0.2) is 13.4 Å². The van der Waals surface area contributed by atoms with E-state index in [1.807, 2.05) is 0 Å². The molecule has 0 aromatic carbocycles. The van der Waals surface area contributed by atoms with Gasteiger partial charge in [0.2, 0.25) is 0 Å². The van der Waals surface area contributed by atoms with E-state index >= 15 is 0 Å². The van der Waals surface area contributed by atoms with E-state index in [-0.39, 0.29) is 4.90 Å². The minimum absolute atomic E-state index is 0.0768. The molecule has 2 rings (SSSR count). The SMILES string of the molecule is O=S(=O)(Cl)c1cncc2sccc12. The van der Waals surface area contributed by atoms with Crippen molar-refractivity contribution < 1.29 is 8.42 Å². The number of thiophene rings is 1. The fourth-order valence-corrected chi connectivity index (χ4v) is 2.90. The number of hydrogen-bond donors (Lipinski definition) is 0. The predicted molar refractivity (Wildman–Crippen MR) is 52.7 cm³/mol. The topological polar surface area (TPSA) is 47.0 Å². The Labute approximate surface area is 83.4 Å². The highest BCUT2D eigenvalue weighted by Crippen LogP contribution is 2.27. The first-order valence-corrected chi connectivity index (χ1v) is 6.54. The van der Waals surface area contributed by atoms with Gasteiger partial charge >= 0.3 is 0 Å². The van der Waals surface area contributed by atoms with Gasteiger partial charge in [0.1, 0.15) is 4.90 Å². The van der Waals surface area contributed by atoms with Crippen LogP contribution in [0, 0.1) is 0 Å². The maximum Gasteiger partial charge on any atom is 0.263 e. The second kappa shape index (κ2) is 2.94. The summed E-state index contributed by atoms with van der Waals surface area (Å²) >= 11 is 1.43. The van der Waals surface area contributed by atoms with Crippen LogP contribution in [0.3, 0.4) is 0 Å². The zero-order valence-corrected chi connectivity index (χ0v) is 8.66. The molecule has 6 heteroatoms. The van der Waals surface area contributed by atoms with Crippen LogP contribution in [0.25, 0.3) is 10.1 Å². The van der Waals surface area contributed by atoms with Gasteiger partial charge in [0.15, 0.2) is 0 Å². The van der Waals surface area contributed by atoms with Crippen LogP contribution >= 0.6 is 22.0 Å². The molecule has 0 N–H and O–H groups in total. The molecular weight excluding hydrogens is 230 g/mol. The Morgan fingerprint density at radius 1 is 1.38 bits per heavy atom. The van der Waals surface area contributed by atoms with Crippen molar-refractivity contribution in [1.29, 1.82) is 0 Å². The van der Waals surface area contributed by atoms with E-state index in [0.717, 1.165) is 4.70 Å². The summed E-state index contributed by atoms with van der Waals surface area (Å²) in [5, 5.41) is 2.44. The summed E-state index contributed by atoms with van der Waals surface area (Å²) in [6.45, 7) is 0. The summed E-state index contributed by atoms with van der Waals surface area (Å²) in [6.07, 6.45) is 2.88. The van der Waals surface area contributed by atoms with Crippen LogP contribution in [0.1, 0.15) is 0 Å². The van der Waals surface area contributed by atoms with Gasteiger partial charge in [-0.1, -0.05) is 0 Å². The first-order valence-electron chi connectivity index (χ1n) is 3.35. The first kappa shape index (κ1) is 8.93. The van der Waals surface area contributed by atoms with Crippen molar-refractivity contribution in [3.63, 3.8) is 0 Å². The molecule has 0 bridgehead atoms. The summed E-state index contributed by atoms with van der Waals surface area (Å²) in [7, 11) is 1.55. The maximum atomic E-state index is 11.1. The van der Waals surface area contributed by atoms with Gasteiger partial charge in [-0.2, -0.15) is 0 Å². The van der Waals surface area contributed by atoms with Crippen LogP contribution in [-0.2, 0) is 9.05 Å². The van der Waals surface area contributed by atoms with E-state index in [2.05, 4.69) is 4.98 Å². The zero-order valence-electron chi connectivity index (χ0n) is 6.27. The third kappa shape index (κ3) is 1.54. The third-order valence-corrected chi connectivity index (χ3v) is 3.81. The minimum Gasteiger partial charge on any atom is -0.262 e. The molecule has 0 amide bonds. The predicted octanol–water partition coefficient (Wildman–Crippen LogP) is 2.22. The van der Waals surface area contributed by atoms with Gasteiger partial charge < -0.3 is 0 Å². The Morgan fingerprint density at radius 3 is 2.85 bits per heavy atom. The molecular formula is C7H4ClNO2S2. The van der Waals surface area contributed by atoms with Crippen LogP contribution in [0.15, 0.2) is 28.7 Å². The van der Waals surface area contributed by atoms with E-state index < -0.39 is 9.05 Å². The van der Waals surface area contributed by atoms with Gasteiger partial charge in [-0.3, -0.25) is 4.98 Å². The van der Waals surface area contributed by atoms with Crippen LogP contribution < -0.4 is 0 Å². The summed E-state index contributed by atoms with van der Waals surface area (Å²) in [6, 6.07) is 1.72. The highest BCUT2D eigenvalue weighted by atomic mass is 35.7. The van der Waals surface area contributed by atoms with Gasteiger partial charge in [0.25, 0.3) is 9.05 Å². The van der Waals surface area contributed by atoms with E-state index in [1.54, 1.807) is 17.6 Å². The monoisotopic (exact) mass is 233 g/mol. The zero-order chi connectivity index (χ0) is 9.47. The fourth-order valence-electron chi connectivity index (χ4n) is 1.06. The van der Waals surface area contributed by atoms with Crippen molar-refractivity contribution in [2.24, 2.45) is 0 Å². The average molecular weight is 234 g/mol. The first-order chi connectivity index (χ1) is 6.09. The quantitative estimate of drug-likeness (QED) is 0.710. The second-order valence-electron chi connectivity index (χ2n) is 2.41. The molecule has 0 spiro atoms. The molecule has 2 aromatic rings. The number of hydrogen-bond acceptors (Lipinski definition) is 4. The second-order valence-corrected chi connectivity index (χ2v) is 5.89. The smallest absolute Gasteiger partial charge is 0.262 e. The molecule has 0 saturated carbocycles.